The molecule has 1 radical (unpaired) electrons. The molecule has 0 aliphatic heterocycles. The Morgan fingerprint density at radius 1 is 1.00 bits per heavy atom. The Labute approximate surface area is 92.7 Å². The smallest absolute Gasteiger partial charge is 0.126 e. The highest BCUT2D eigenvalue weighted by Crippen LogP contribution is 2.11. The van der Waals surface area contributed by atoms with E-state index in [4.69, 9.17) is 0 Å². The summed E-state index contributed by atoms with van der Waals surface area (Å²) in [5.41, 5.74) is 1.47. The Balaban J connectivity index is 2.05. The Morgan fingerprint density at radius 3 is 2.25 bits per heavy atom. The zero-order chi connectivity index (χ0) is 11.4. The van der Waals surface area contributed by atoms with Gasteiger partial charge in [0.05, 0.1) is 0 Å². The van der Waals surface area contributed by atoms with Crippen molar-refractivity contribution in [3.63, 3.8) is 0 Å². The van der Waals surface area contributed by atoms with Crippen molar-refractivity contribution < 1.29 is 8.78 Å². The van der Waals surface area contributed by atoms with E-state index in [0.29, 0.717) is 12.1 Å². The molecule has 0 fully saturated rings. The Morgan fingerprint density at radius 2 is 1.62 bits per heavy atom. The summed E-state index contributed by atoms with van der Waals surface area (Å²) in [4.78, 5) is 0. The lowest BCUT2D eigenvalue weighted by atomic mass is 10.2. The van der Waals surface area contributed by atoms with Gasteiger partial charge in [-0.25, -0.2) is 8.78 Å². The van der Waals surface area contributed by atoms with Crippen molar-refractivity contribution in [1.29, 1.82) is 0 Å². The van der Waals surface area contributed by atoms with E-state index in [1.807, 2.05) is 12.1 Å². The molecule has 0 heterocycles. The summed E-state index contributed by atoms with van der Waals surface area (Å²) in [5.74, 6) is -1.11. The van der Waals surface area contributed by atoms with Crippen molar-refractivity contribution in [2.24, 2.45) is 0 Å². The average molecular weight is 218 g/mol. The van der Waals surface area contributed by atoms with E-state index in [0.717, 1.165) is 11.8 Å². The van der Waals surface area contributed by atoms with Crippen LogP contribution in [-0.2, 0) is 6.54 Å². The standard InChI is InChI=1S/C13H10F2N/c14-11-6-10(7-12(15)8-11)9-16-13-4-2-1-3-5-13/h2-8,16H,9H2. The molecular weight excluding hydrogens is 208 g/mol. The first kappa shape index (κ1) is 10.6. The molecule has 0 atom stereocenters. The first-order valence-corrected chi connectivity index (χ1v) is 4.89. The Bertz CT molecular complexity index is 448. The molecule has 2 aromatic carbocycles. The van der Waals surface area contributed by atoms with Gasteiger partial charge in [0, 0.05) is 18.3 Å². The molecule has 0 bridgehead atoms. The van der Waals surface area contributed by atoms with Crippen LogP contribution in [0.4, 0.5) is 14.5 Å². The monoisotopic (exact) mass is 218 g/mol. The second-order valence-corrected chi connectivity index (χ2v) is 3.42. The van der Waals surface area contributed by atoms with Gasteiger partial charge >= 0.3 is 0 Å². The molecule has 0 unspecified atom stereocenters. The van der Waals surface area contributed by atoms with Gasteiger partial charge in [-0.1, -0.05) is 12.1 Å². The van der Waals surface area contributed by atoms with Gasteiger partial charge in [-0.2, -0.15) is 0 Å². The van der Waals surface area contributed by atoms with Crippen molar-refractivity contribution >= 4 is 5.69 Å². The maximum Gasteiger partial charge on any atom is 0.126 e. The lowest BCUT2D eigenvalue weighted by molar-refractivity contribution is 0.580. The first-order chi connectivity index (χ1) is 7.74. The van der Waals surface area contributed by atoms with Crippen LogP contribution < -0.4 is 5.32 Å². The number of anilines is 1. The summed E-state index contributed by atoms with van der Waals surface area (Å²) in [7, 11) is 0. The van der Waals surface area contributed by atoms with Gasteiger partial charge in [-0.3, -0.25) is 0 Å². The molecule has 0 amide bonds. The summed E-state index contributed by atoms with van der Waals surface area (Å²) in [6, 6.07) is 13.6. The summed E-state index contributed by atoms with van der Waals surface area (Å²) >= 11 is 0. The minimum atomic E-state index is -0.557. The zero-order valence-corrected chi connectivity index (χ0v) is 8.50. The summed E-state index contributed by atoms with van der Waals surface area (Å²) in [6.45, 7) is 0.388. The van der Waals surface area contributed by atoms with Crippen LogP contribution in [0.25, 0.3) is 0 Å². The molecule has 1 nitrogen and oxygen atoms in total. The van der Waals surface area contributed by atoms with Gasteiger partial charge in [-0.15, -0.1) is 0 Å². The number of hydrogen-bond donors (Lipinski definition) is 1. The van der Waals surface area contributed by atoms with Gasteiger partial charge in [0.2, 0.25) is 0 Å². The summed E-state index contributed by atoms with van der Waals surface area (Å²) < 4.78 is 25.8. The van der Waals surface area contributed by atoms with E-state index in [1.165, 1.54) is 12.1 Å². The van der Waals surface area contributed by atoms with E-state index in [2.05, 4.69) is 11.4 Å². The topological polar surface area (TPSA) is 12.0 Å². The molecular formula is C13H10F2N. The van der Waals surface area contributed by atoms with Crippen LogP contribution in [0.3, 0.4) is 0 Å². The van der Waals surface area contributed by atoms with Gasteiger partial charge in [0.1, 0.15) is 11.6 Å². The normalized spacial score (nSPS) is 10.1. The minimum Gasteiger partial charge on any atom is -0.381 e. The molecule has 2 rings (SSSR count). The van der Waals surface area contributed by atoms with Crippen molar-refractivity contribution in [2.45, 2.75) is 6.54 Å². The molecule has 3 heteroatoms. The maximum absolute atomic E-state index is 12.9. The molecule has 0 saturated heterocycles. The molecule has 0 aliphatic rings. The summed E-state index contributed by atoms with van der Waals surface area (Å²) in [5, 5.41) is 3.06. The number of nitrogens with one attached hydrogen (secondary N) is 1. The van der Waals surface area contributed by atoms with Gasteiger partial charge in [-0.05, 0) is 35.9 Å². The number of rotatable bonds is 3. The molecule has 0 spiro atoms. The second kappa shape index (κ2) is 4.75. The fourth-order valence-corrected chi connectivity index (χ4v) is 1.42. The van der Waals surface area contributed by atoms with Crippen molar-refractivity contribution in [1.82, 2.24) is 0 Å². The van der Waals surface area contributed by atoms with E-state index in [9.17, 15) is 8.78 Å². The highest BCUT2D eigenvalue weighted by molar-refractivity contribution is 5.42. The zero-order valence-electron chi connectivity index (χ0n) is 8.50. The highest BCUT2D eigenvalue weighted by atomic mass is 19.1. The minimum absolute atomic E-state index is 0.388. The van der Waals surface area contributed by atoms with Crippen molar-refractivity contribution in [2.75, 3.05) is 5.32 Å². The van der Waals surface area contributed by atoms with E-state index in [1.54, 1.807) is 12.1 Å². The summed E-state index contributed by atoms with van der Waals surface area (Å²) in [6.07, 6.45) is 0. The average Bonchev–Trinajstić information content (AvgIpc) is 2.27. The number of benzene rings is 2. The van der Waals surface area contributed by atoms with Crippen molar-refractivity contribution in [3.8, 4) is 0 Å². The molecule has 2 aromatic rings. The third-order valence-electron chi connectivity index (χ3n) is 2.14. The largest absolute Gasteiger partial charge is 0.381 e. The lowest BCUT2D eigenvalue weighted by Gasteiger charge is -2.06. The third-order valence-corrected chi connectivity index (χ3v) is 2.14. The predicted molar refractivity (Wildman–Crippen MR) is 59.0 cm³/mol. The van der Waals surface area contributed by atoms with E-state index < -0.39 is 11.6 Å². The lowest BCUT2D eigenvalue weighted by Crippen LogP contribution is -2.00. The Kier molecular flexibility index (Phi) is 3.15. The third kappa shape index (κ3) is 2.79. The first-order valence-electron chi connectivity index (χ1n) is 4.89. The van der Waals surface area contributed by atoms with Gasteiger partial charge < -0.3 is 5.32 Å². The SMILES string of the molecule is Fc1cc(F)cc(CNc2cc[c]cc2)c1. The van der Waals surface area contributed by atoms with E-state index >= 15 is 0 Å². The fourth-order valence-electron chi connectivity index (χ4n) is 1.42. The maximum atomic E-state index is 12.9. The quantitative estimate of drug-likeness (QED) is 0.832. The molecule has 1 N–H and O–H groups in total. The van der Waals surface area contributed by atoms with Crippen LogP contribution in [-0.4, -0.2) is 0 Å². The van der Waals surface area contributed by atoms with Gasteiger partial charge in [0.15, 0.2) is 0 Å². The van der Waals surface area contributed by atoms with Crippen LogP contribution in [0.2, 0.25) is 0 Å². The number of halogens is 2. The van der Waals surface area contributed by atoms with Crippen LogP contribution in [0, 0.1) is 17.7 Å². The predicted octanol–water partition coefficient (Wildman–Crippen LogP) is 3.38. The molecule has 81 valence electrons. The Hall–Kier alpha value is -1.90. The van der Waals surface area contributed by atoms with Crippen LogP contribution in [0.5, 0.6) is 0 Å². The second-order valence-electron chi connectivity index (χ2n) is 3.42. The highest BCUT2D eigenvalue weighted by Gasteiger charge is 2.00. The van der Waals surface area contributed by atoms with Gasteiger partial charge in [0.25, 0.3) is 0 Å². The van der Waals surface area contributed by atoms with Crippen LogP contribution in [0.1, 0.15) is 5.56 Å². The van der Waals surface area contributed by atoms with E-state index in [-0.39, 0.29) is 0 Å². The molecule has 0 saturated carbocycles. The van der Waals surface area contributed by atoms with Crippen LogP contribution in [0.15, 0.2) is 42.5 Å². The van der Waals surface area contributed by atoms with Crippen molar-refractivity contribution in [3.05, 3.63) is 65.7 Å². The molecule has 0 aliphatic carbocycles. The fraction of sp³-hybridized carbons (Fsp3) is 0.0769. The molecule has 16 heavy (non-hydrogen) atoms. The molecule has 0 aromatic heterocycles. The van der Waals surface area contributed by atoms with Crippen LogP contribution >= 0.6 is 0 Å². The number of hydrogen-bond acceptors (Lipinski definition) is 1.